The van der Waals surface area contributed by atoms with Crippen LogP contribution >= 0.6 is 0 Å². The first-order chi connectivity index (χ1) is 16.7. The maximum atomic E-state index is 13.1. The highest BCUT2D eigenvalue weighted by Gasteiger charge is 2.37. The summed E-state index contributed by atoms with van der Waals surface area (Å²) < 4.78 is 78.8. The Hall–Kier alpha value is -3.63. The van der Waals surface area contributed by atoms with Crippen molar-refractivity contribution in [1.29, 1.82) is 0 Å². The molecule has 1 aliphatic rings. The normalized spacial score (nSPS) is 15.1. The summed E-state index contributed by atoms with van der Waals surface area (Å²) >= 11 is 0. The lowest BCUT2D eigenvalue weighted by Gasteiger charge is -2.19. The van der Waals surface area contributed by atoms with Crippen LogP contribution in [0.15, 0.2) is 42.0 Å². The Morgan fingerprint density at radius 2 is 1.50 bits per heavy atom. The number of Topliss-reactive ketones (excluding diaryl/α,β-unsaturated/α-hetero) is 1. The van der Waals surface area contributed by atoms with Crippen LogP contribution in [-0.4, -0.2) is 22.8 Å². The lowest BCUT2D eigenvalue weighted by Crippen LogP contribution is -2.16. The van der Waals surface area contributed by atoms with E-state index in [9.17, 15) is 40.7 Å². The third-order valence-corrected chi connectivity index (χ3v) is 5.58. The van der Waals surface area contributed by atoms with Crippen LogP contribution in [0.3, 0.4) is 0 Å². The van der Waals surface area contributed by atoms with Crippen LogP contribution in [0.25, 0.3) is 6.08 Å². The van der Waals surface area contributed by atoms with Crippen LogP contribution in [-0.2, 0) is 28.4 Å². The van der Waals surface area contributed by atoms with Gasteiger partial charge in [0, 0.05) is 29.7 Å². The highest BCUT2D eigenvalue weighted by molar-refractivity contribution is 6.13. The van der Waals surface area contributed by atoms with Gasteiger partial charge in [-0.2, -0.15) is 26.3 Å². The zero-order valence-corrected chi connectivity index (χ0v) is 18.7. The fourth-order valence-electron chi connectivity index (χ4n) is 3.84. The van der Waals surface area contributed by atoms with Crippen molar-refractivity contribution in [3.05, 3.63) is 69.8 Å². The molecule has 0 aromatic heterocycles. The molecule has 36 heavy (non-hydrogen) atoms. The van der Waals surface area contributed by atoms with Crippen LogP contribution in [0.2, 0.25) is 0 Å². The van der Waals surface area contributed by atoms with Gasteiger partial charge in [-0.3, -0.25) is 14.4 Å². The Labute approximate surface area is 201 Å². The van der Waals surface area contributed by atoms with E-state index in [-0.39, 0.29) is 47.9 Å². The molecule has 0 heterocycles. The Morgan fingerprint density at radius 3 is 2.08 bits per heavy atom. The third-order valence-electron chi connectivity index (χ3n) is 5.58. The average Bonchev–Trinajstić information content (AvgIpc) is 2.77. The topological polar surface area (TPSA) is 83.5 Å². The minimum absolute atomic E-state index is 0.0297. The van der Waals surface area contributed by atoms with E-state index in [1.54, 1.807) is 6.07 Å². The fourth-order valence-corrected chi connectivity index (χ4v) is 3.84. The summed E-state index contributed by atoms with van der Waals surface area (Å²) in [6, 6.07) is 5.67. The van der Waals surface area contributed by atoms with E-state index in [1.807, 2.05) is 0 Å². The summed E-state index contributed by atoms with van der Waals surface area (Å²) in [4.78, 5) is 35.5. The molecule has 0 radical (unpaired) electrons. The van der Waals surface area contributed by atoms with Gasteiger partial charge < -0.3 is 10.4 Å². The van der Waals surface area contributed by atoms with Gasteiger partial charge in [0.15, 0.2) is 5.78 Å². The molecule has 2 N–H and O–H groups in total. The molecule has 2 aromatic rings. The summed E-state index contributed by atoms with van der Waals surface area (Å²) in [6.07, 6.45) is -7.73. The van der Waals surface area contributed by atoms with Gasteiger partial charge in [0.2, 0.25) is 5.91 Å². The highest BCUT2D eigenvalue weighted by Crippen LogP contribution is 2.37. The molecule has 192 valence electrons. The number of carboxylic acid groups (broad SMARTS) is 1. The second-order valence-electron chi connectivity index (χ2n) is 8.36. The van der Waals surface area contributed by atoms with E-state index < -0.39 is 35.2 Å². The molecule has 0 unspecified atom stereocenters. The monoisotopic (exact) mass is 513 g/mol. The maximum Gasteiger partial charge on any atom is 0.416 e. The van der Waals surface area contributed by atoms with Gasteiger partial charge in [0.1, 0.15) is 0 Å². The number of amides is 1. The first-order valence-corrected chi connectivity index (χ1v) is 10.9. The lowest BCUT2D eigenvalue weighted by atomic mass is 9.85. The van der Waals surface area contributed by atoms with Crippen molar-refractivity contribution in [2.24, 2.45) is 0 Å². The van der Waals surface area contributed by atoms with Gasteiger partial charge in [-0.25, -0.2) is 0 Å². The van der Waals surface area contributed by atoms with E-state index in [4.69, 9.17) is 5.11 Å². The number of nitrogens with one attached hydrogen (secondary N) is 1. The number of unbranched alkanes of at least 4 members (excludes halogenated alkanes) is 1. The number of fused-ring (bicyclic) bond motifs is 1. The van der Waals surface area contributed by atoms with Gasteiger partial charge in [-0.1, -0.05) is 0 Å². The lowest BCUT2D eigenvalue weighted by molar-refractivity contribution is -0.143. The van der Waals surface area contributed by atoms with Crippen LogP contribution < -0.4 is 5.32 Å². The van der Waals surface area contributed by atoms with Crippen LogP contribution in [0.5, 0.6) is 0 Å². The van der Waals surface area contributed by atoms with E-state index in [2.05, 4.69) is 5.32 Å². The summed E-state index contributed by atoms with van der Waals surface area (Å²) in [5.74, 6) is -1.79. The molecule has 3 rings (SSSR count). The molecule has 1 aliphatic carbocycles. The van der Waals surface area contributed by atoms with E-state index >= 15 is 0 Å². The van der Waals surface area contributed by atoms with Crippen LogP contribution in [0, 0.1) is 0 Å². The summed E-state index contributed by atoms with van der Waals surface area (Å²) in [7, 11) is 0. The zero-order valence-electron chi connectivity index (χ0n) is 18.7. The molecule has 1 amide bonds. The molecule has 11 heteroatoms. The third kappa shape index (κ3) is 6.96. The summed E-state index contributed by atoms with van der Waals surface area (Å²) in [5, 5.41) is 11.3. The van der Waals surface area contributed by atoms with Crippen LogP contribution in [0.4, 0.5) is 32.0 Å². The molecule has 0 saturated heterocycles. The maximum absolute atomic E-state index is 13.1. The first-order valence-electron chi connectivity index (χ1n) is 10.9. The number of allylic oxidation sites excluding steroid dienone is 1. The number of anilines is 1. The number of hydrogen-bond acceptors (Lipinski definition) is 3. The van der Waals surface area contributed by atoms with E-state index in [0.717, 1.165) is 6.08 Å². The second kappa shape index (κ2) is 10.5. The predicted molar refractivity (Wildman–Crippen MR) is 118 cm³/mol. The Bertz CT molecular complexity index is 1180. The van der Waals surface area contributed by atoms with Crippen molar-refractivity contribution in [3.63, 3.8) is 0 Å². The molecular weight excluding hydrogens is 492 g/mol. The standard InChI is InChI=1S/C25H21F6NO4/c26-24(27,28)17-10-14(11-18(13-17)25(29,30)31)9-16-6-5-15-12-19(7-8-20(15)23(16)36)32-21(33)3-1-2-4-22(34)35/h7-13H,1-6H2,(H,32,33)(H,34,35). The highest BCUT2D eigenvalue weighted by atomic mass is 19.4. The summed E-state index contributed by atoms with van der Waals surface area (Å²) in [5.41, 5.74) is -1.98. The predicted octanol–water partition coefficient (Wildman–Crippen LogP) is 6.52. The number of carbonyl (C=O) groups is 3. The molecule has 0 atom stereocenters. The molecule has 0 fully saturated rings. The first kappa shape index (κ1) is 27.0. The van der Waals surface area contributed by atoms with Gasteiger partial charge in [-0.05, 0) is 79.3 Å². The molecule has 0 spiro atoms. The van der Waals surface area contributed by atoms with Crippen molar-refractivity contribution < 1.29 is 45.8 Å². The minimum Gasteiger partial charge on any atom is -0.481 e. The van der Waals surface area contributed by atoms with E-state index in [0.29, 0.717) is 42.6 Å². The molecule has 0 aliphatic heterocycles. The second-order valence-corrected chi connectivity index (χ2v) is 8.36. The van der Waals surface area contributed by atoms with Crippen molar-refractivity contribution >= 4 is 29.4 Å². The van der Waals surface area contributed by atoms with Crippen LogP contribution in [0.1, 0.15) is 64.7 Å². The van der Waals surface area contributed by atoms with Gasteiger partial charge in [0.05, 0.1) is 11.1 Å². The number of carbonyl (C=O) groups excluding carboxylic acids is 2. The van der Waals surface area contributed by atoms with Crippen molar-refractivity contribution in [1.82, 2.24) is 0 Å². The molecular formula is C25H21F6NO4. The Kier molecular flexibility index (Phi) is 7.90. The number of carboxylic acids is 1. The molecule has 0 saturated carbocycles. The average molecular weight is 513 g/mol. The Morgan fingerprint density at radius 1 is 0.889 bits per heavy atom. The quantitative estimate of drug-likeness (QED) is 0.251. The summed E-state index contributed by atoms with van der Waals surface area (Å²) in [6.45, 7) is 0. The number of benzene rings is 2. The Balaban J connectivity index is 1.78. The van der Waals surface area contributed by atoms with Crippen molar-refractivity contribution in [2.75, 3.05) is 5.32 Å². The number of aryl methyl sites for hydroxylation is 1. The zero-order chi connectivity index (χ0) is 26.7. The number of ketones is 1. The van der Waals surface area contributed by atoms with Gasteiger partial charge in [-0.15, -0.1) is 0 Å². The largest absolute Gasteiger partial charge is 0.481 e. The molecule has 2 aromatic carbocycles. The van der Waals surface area contributed by atoms with Crippen molar-refractivity contribution in [2.45, 2.75) is 50.9 Å². The number of alkyl halides is 6. The number of aliphatic carboxylic acids is 1. The van der Waals surface area contributed by atoms with Crippen molar-refractivity contribution in [3.8, 4) is 0 Å². The number of hydrogen-bond donors (Lipinski definition) is 2. The smallest absolute Gasteiger partial charge is 0.416 e. The number of halogens is 6. The van der Waals surface area contributed by atoms with Gasteiger partial charge >= 0.3 is 18.3 Å². The SMILES string of the molecule is O=C(O)CCCCC(=O)Nc1ccc2c(c1)CCC(=Cc1cc(C(F)(F)F)cc(C(F)(F)F)c1)C2=O. The molecule has 0 bridgehead atoms. The number of rotatable bonds is 7. The van der Waals surface area contributed by atoms with Gasteiger partial charge in [0.25, 0.3) is 0 Å². The van der Waals surface area contributed by atoms with E-state index in [1.165, 1.54) is 12.1 Å². The minimum atomic E-state index is -4.99. The fraction of sp³-hybridized carbons (Fsp3) is 0.320. The molecule has 5 nitrogen and oxygen atoms in total.